The number of nitrogens with zero attached hydrogens (tertiary/aromatic N) is 3. The number of rotatable bonds is 24. The largest absolute Gasteiger partial charge is 0.467 e. The van der Waals surface area contributed by atoms with Crippen molar-refractivity contribution in [2.75, 3.05) is 48.5 Å². The fourth-order valence-corrected chi connectivity index (χ4v) is 8.32. The predicted molar refractivity (Wildman–Crippen MR) is 223 cm³/mol. The summed E-state index contributed by atoms with van der Waals surface area (Å²) in [6.45, 7) is 17.1. The van der Waals surface area contributed by atoms with Gasteiger partial charge in [0.2, 0.25) is 23.6 Å². The molecule has 1 aromatic rings. The van der Waals surface area contributed by atoms with Gasteiger partial charge in [0, 0.05) is 34.2 Å². The molecule has 4 amide bonds. The zero-order chi connectivity index (χ0) is 43.0. The molecule has 0 bridgehead atoms. The first-order chi connectivity index (χ1) is 27.0. The summed E-state index contributed by atoms with van der Waals surface area (Å²) in [5, 5.41) is 5.97. The molecule has 0 saturated carbocycles. The maximum absolute atomic E-state index is 14.4. The van der Waals surface area contributed by atoms with Gasteiger partial charge in [-0.05, 0) is 56.2 Å². The Labute approximate surface area is 343 Å². The molecule has 0 spiro atoms. The van der Waals surface area contributed by atoms with Crippen LogP contribution in [0.25, 0.3) is 0 Å². The molecule has 1 aromatic carbocycles. The Morgan fingerprint density at radius 3 is 2.05 bits per heavy atom. The highest BCUT2D eigenvalue weighted by atomic mass is 16.5. The van der Waals surface area contributed by atoms with E-state index >= 15 is 0 Å². The number of esters is 1. The minimum absolute atomic E-state index is 0.00841. The van der Waals surface area contributed by atoms with Gasteiger partial charge in [-0.3, -0.25) is 24.1 Å². The fraction of sp³-hybridized carbons (Fsp3) is 0.750. The molecule has 1 saturated heterocycles. The van der Waals surface area contributed by atoms with Crippen LogP contribution in [0.5, 0.6) is 0 Å². The van der Waals surface area contributed by atoms with Crippen molar-refractivity contribution in [3.05, 3.63) is 35.9 Å². The highest BCUT2D eigenvalue weighted by Gasteiger charge is 2.43. The van der Waals surface area contributed by atoms with Crippen molar-refractivity contribution in [3.8, 4) is 0 Å². The third-order valence-electron chi connectivity index (χ3n) is 11.8. The van der Waals surface area contributed by atoms with E-state index in [-0.39, 0.29) is 60.3 Å². The number of nitrogens with one attached hydrogen (secondary N) is 2. The molecule has 1 aliphatic heterocycles. The average Bonchev–Trinajstić information content (AvgIpc) is 3.67. The molecule has 2 rings (SSSR count). The van der Waals surface area contributed by atoms with Gasteiger partial charge in [-0.25, -0.2) is 4.79 Å². The lowest BCUT2D eigenvalue weighted by atomic mass is 9.89. The van der Waals surface area contributed by atoms with Crippen LogP contribution >= 0.6 is 0 Å². The number of hydrogen-bond acceptors (Lipinski definition) is 9. The van der Waals surface area contributed by atoms with E-state index in [0.717, 1.165) is 37.8 Å². The van der Waals surface area contributed by atoms with Gasteiger partial charge in [-0.2, -0.15) is 0 Å². The van der Waals surface area contributed by atoms with Gasteiger partial charge in [-0.15, -0.1) is 0 Å². The third kappa shape index (κ3) is 13.8. The van der Waals surface area contributed by atoms with Crippen LogP contribution in [0.3, 0.4) is 0 Å². The zero-order valence-electron chi connectivity index (χ0n) is 37.2. The number of likely N-dealkylation sites (tertiary alicyclic amines) is 1. The number of methoxy groups -OCH3 is 3. The molecule has 324 valence electrons. The third-order valence-corrected chi connectivity index (χ3v) is 11.8. The van der Waals surface area contributed by atoms with Crippen LogP contribution in [-0.2, 0) is 44.6 Å². The van der Waals surface area contributed by atoms with Gasteiger partial charge >= 0.3 is 5.97 Å². The van der Waals surface area contributed by atoms with Gasteiger partial charge in [0.25, 0.3) is 0 Å². The molecule has 13 nitrogen and oxygen atoms in total. The molecule has 0 aliphatic carbocycles. The van der Waals surface area contributed by atoms with Crippen LogP contribution in [0.2, 0.25) is 0 Å². The Hall–Kier alpha value is -3.55. The highest BCUT2D eigenvalue weighted by molar-refractivity contribution is 5.90. The summed E-state index contributed by atoms with van der Waals surface area (Å²) in [7, 11) is 8.08. The average molecular weight is 802 g/mol. The maximum atomic E-state index is 14.4. The quantitative estimate of drug-likeness (QED) is 0.142. The molecule has 57 heavy (non-hydrogen) atoms. The summed E-state index contributed by atoms with van der Waals surface area (Å²) < 4.78 is 17.0. The summed E-state index contributed by atoms with van der Waals surface area (Å²) in [5.41, 5.74) is 0.877. The standard InChI is InChI=1S/C44H75N5O8/c1-14-16-24-47(9)38(29(5)6)42(52)46-37(28(3)4)43(53)48(10)39(30(7)15-2)35(55-11)27-36(50)49-25-20-23-34(49)40(56-12)31(8)41(51)45-33(44(54)57-13)26-32-21-18-17-19-22-32/h17-19,21-22,28-31,33-35,37-40H,14-16,20,23-27H2,1-13H3,(H,45,51)(H,46,52)/t30-,31+,33-,34-,35+,37-,38-,39-,40+/m0/s1. The number of likely N-dealkylation sites (N-methyl/N-ethyl adjacent to an activating group) is 2. The van der Waals surface area contributed by atoms with Crippen LogP contribution < -0.4 is 10.6 Å². The van der Waals surface area contributed by atoms with Crippen LogP contribution in [0.15, 0.2) is 30.3 Å². The van der Waals surface area contributed by atoms with E-state index < -0.39 is 48.3 Å². The fourth-order valence-electron chi connectivity index (χ4n) is 8.32. The Bertz CT molecular complexity index is 1410. The van der Waals surface area contributed by atoms with Crippen LogP contribution in [0.1, 0.15) is 99.5 Å². The van der Waals surface area contributed by atoms with Crippen molar-refractivity contribution in [1.82, 2.24) is 25.3 Å². The summed E-state index contributed by atoms with van der Waals surface area (Å²) in [4.78, 5) is 74.4. The van der Waals surface area contributed by atoms with Crippen molar-refractivity contribution < 1.29 is 38.2 Å². The molecule has 0 radical (unpaired) electrons. The lowest BCUT2D eigenvalue weighted by molar-refractivity contribution is -0.149. The minimum atomic E-state index is -0.891. The van der Waals surface area contributed by atoms with E-state index in [2.05, 4.69) is 22.5 Å². The SMILES string of the molecule is CCCCN(C)[C@H](C(=O)N[C@H](C(=O)N(C)[C@@H]([C@@H](C)CC)[C@@H](CC(=O)N1CCC[C@H]1[C@H](OC)[C@@H](C)C(=O)N[C@@H](Cc1ccccc1)C(=O)OC)OC)C(C)C)C(C)C. The van der Waals surface area contributed by atoms with Gasteiger partial charge < -0.3 is 34.6 Å². The molecular formula is C44H75N5O8. The van der Waals surface area contributed by atoms with Gasteiger partial charge in [0.15, 0.2) is 0 Å². The zero-order valence-corrected chi connectivity index (χ0v) is 37.2. The van der Waals surface area contributed by atoms with Crippen molar-refractivity contribution >= 4 is 29.6 Å². The van der Waals surface area contributed by atoms with Crippen molar-refractivity contribution in [1.29, 1.82) is 0 Å². The minimum Gasteiger partial charge on any atom is -0.467 e. The van der Waals surface area contributed by atoms with E-state index in [0.29, 0.717) is 13.0 Å². The number of unbranched alkanes of at least 4 members (excludes halogenated alkanes) is 1. The predicted octanol–water partition coefficient (Wildman–Crippen LogP) is 4.70. The van der Waals surface area contributed by atoms with Gasteiger partial charge in [0.05, 0.1) is 49.8 Å². The van der Waals surface area contributed by atoms with Crippen LogP contribution in [-0.4, -0.2) is 135 Å². The van der Waals surface area contributed by atoms with Crippen LogP contribution in [0, 0.1) is 23.7 Å². The second-order valence-electron chi connectivity index (χ2n) is 16.6. The lowest BCUT2D eigenvalue weighted by Crippen LogP contribution is -2.60. The number of amides is 4. The van der Waals surface area contributed by atoms with Gasteiger partial charge in [0.1, 0.15) is 12.1 Å². The number of benzene rings is 1. The molecule has 13 heteroatoms. The molecule has 1 aliphatic rings. The molecule has 9 atom stereocenters. The first kappa shape index (κ1) is 49.6. The summed E-state index contributed by atoms with van der Waals surface area (Å²) in [5.74, 6) is -2.36. The molecule has 0 unspecified atom stereocenters. The van der Waals surface area contributed by atoms with E-state index in [1.54, 1.807) is 30.9 Å². The summed E-state index contributed by atoms with van der Waals surface area (Å²) in [6.07, 6.45) is 3.08. The topological polar surface area (TPSA) is 147 Å². The molecule has 1 fully saturated rings. The van der Waals surface area contributed by atoms with Crippen molar-refractivity contribution in [2.45, 2.75) is 143 Å². The second kappa shape index (κ2) is 24.4. The molecule has 2 N–H and O–H groups in total. The Morgan fingerprint density at radius 2 is 1.53 bits per heavy atom. The number of ether oxygens (including phenoxy) is 3. The highest BCUT2D eigenvalue weighted by Crippen LogP contribution is 2.30. The first-order valence-corrected chi connectivity index (χ1v) is 21.0. The monoisotopic (exact) mass is 802 g/mol. The van der Waals surface area contributed by atoms with E-state index in [4.69, 9.17) is 14.2 Å². The second-order valence-corrected chi connectivity index (χ2v) is 16.6. The van der Waals surface area contributed by atoms with Crippen molar-refractivity contribution in [2.24, 2.45) is 23.7 Å². The Morgan fingerprint density at radius 1 is 0.877 bits per heavy atom. The number of carbonyl (C=O) groups is 5. The Kier molecular flexibility index (Phi) is 21.2. The maximum Gasteiger partial charge on any atom is 0.328 e. The smallest absolute Gasteiger partial charge is 0.328 e. The summed E-state index contributed by atoms with van der Waals surface area (Å²) >= 11 is 0. The molecule has 1 heterocycles. The van der Waals surface area contributed by atoms with Gasteiger partial charge in [-0.1, -0.05) is 98.6 Å². The normalized spacial score (nSPS) is 18.7. The number of carbonyl (C=O) groups excluding carboxylic acids is 5. The van der Waals surface area contributed by atoms with Crippen molar-refractivity contribution in [3.63, 3.8) is 0 Å². The number of hydrogen-bond donors (Lipinski definition) is 2. The lowest BCUT2D eigenvalue weighted by Gasteiger charge is -2.41. The van der Waals surface area contributed by atoms with E-state index in [1.165, 1.54) is 14.2 Å². The van der Waals surface area contributed by atoms with E-state index in [1.807, 2.05) is 78.9 Å². The molecular weight excluding hydrogens is 727 g/mol. The van der Waals surface area contributed by atoms with E-state index in [9.17, 15) is 24.0 Å². The summed E-state index contributed by atoms with van der Waals surface area (Å²) in [6, 6.07) is 6.49. The first-order valence-electron chi connectivity index (χ1n) is 21.0. The Balaban J connectivity index is 2.29. The molecule has 0 aromatic heterocycles. The van der Waals surface area contributed by atoms with Crippen LogP contribution in [0.4, 0.5) is 0 Å².